The minimum atomic E-state index is -0.479. The third kappa shape index (κ3) is 2.68. The molecule has 0 saturated heterocycles. The zero-order chi connectivity index (χ0) is 15.0. The maximum absolute atomic E-state index is 10.6. The molecule has 1 unspecified atom stereocenters. The summed E-state index contributed by atoms with van der Waals surface area (Å²) >= 11 is 0. The average molecular weight is 282 g/mol. The van der Waals surface area contributed by atoms with Crippen molar-refractivity contribution < 1.29 is 9.84 Å². The van der Waals surface area contributed by atoms with Gasteiger partial charge in [0.1, 0.15) is 5.75 Å². The lowest BCUT2D eigenvalue weighted by molar-refractivity contribution is 0.178. The standard InChI is InChI=1S/C19H22O2/c1-13-6-4-5-7-14(13)11-17(20)15-8-9-18-16(10-15)19(2,3)12-21-18/h4-10,17,20H,11-12H2,1-3H3. The van der Waals surface area contributed by atoms with Crippen molar-refractivity contribution in [3.8, 4) is 5.75 Å². The first kappa shape index (κ1) is 14.2. The molecule has 1 N–H and O–H groups in total. The van der Waals surface area contributed by atoms with E-state index in [1.165, 1.54) is 16.7 Å². The second kappa shape index (κ2) is 5.19. The number of hydrogen-bond acceptors (Lipinski definition) is 2. The third-order valence-electron chi connectivity index (χ3n) is 4.38. The van der Waals surface area contributed by atoms with Gasteiger partial charge >= 0.3 is 0 Å². The zero-order valence-electron chi connectivity index (χ0n) is 12.9. The van der Waals surface area contributed by atoms with E-state index in [2.05, 4.69) is 39.0 Å². The predicted molar refractivity (Wildman–Crippen MR) is 84.8 cm³/mol. The Bertz CT molecular complexity index is 658. The molecule has 0 fully saturated rings. The molecule has 3 rings (SSSR count). The van der Waals surface area contributed by atoms with Crippen molar-refractivity contribution in [1.29, 1.82) is 0 Å². The summed E-state index contributed by atoms with van der Waals surface area (Å²) in [5.74, 6) is 0.951. The van der Waals surface area contributed by atoms with Crippen LogP contribution in [0.5, 0.6) is 5.75 Å². The minimum Gasteiger partial charge on any atom is -0.492 e. The molecular weight excluding hydrogens is 260 g/mol. The number of hydrogen-bond donors (Lipinski definition) is 1. The van der Waals surface area contributed by atoms with Crippen molar-refractivity contribution in [2.45, 2.75) is 38.7 Å². The van der Waals surface area contributed by atoms with Crippen LogP contribution in [0.2, 0.25) is 0 Å². The number of rotatable bonds is 3. The van der Waals surface area contributed by atoms with Gasteiger partial charge in [-0.25, -0.2) is 0 Å². The Balaban J connectivity index is 1.86. The smallest absolute Gasteiger partial charge is 0.123 e. The molecule has 2 nitrogen and oxygen atoms in total. The van der Waals surface area contributed by atoms with Gasteiger partial charge in [0, 0.05) is 17.4 Å². The van der Waals surface area contributed by atoms with Crippen LogP contribution in [0.4, 0.5) is 0 Å². The summed E-state index contributed by atoms with van der Waals surface area (Å²) < 4.78 is 5.70. The normalized spacial score (nSPS) is 17.1. The van der Waals surface area contributed by atoms with E-state index in [1.54, 1.807) is 0 Å². The van der Waals surface area contributed by atoms with Crippen molar-refractivity contribution in [2.75, 3.05) is 6.61 Å². The fourth-order valence-corrected chi connectivity index (χ4v) is 2.91. The van der Waals surface area contributed by atoms with E-state index >= 15 is 0 Å². The lowest BCUT2D eigenvalue weighted by atomic mass is 9.85. The van der Waals surface area contributed by atoms with E-state index in [9.17, 15) is 5.11 Å². The molecule has 0 amide bonds. The summed E-state index contributed by atoms with van der Waals surface area (Å²) in [5, 5.41) is 10.6. The molecule has 2 aromatic carbocycles. The lowest BCUT2D eigenvalue weighted by Crippen LogP contribution is -2.18. The second-order valence-electron chi connectivity index (χ2n) is 6.57. The van der Waals surface area contributed by atoms with Crippen LogP contribution in [0.25, 0.3) is 0 Å². The van der Waals surface area contributed by atoms with E-state index in [1.807, 2.05) is 24.3 Å². The third-order valence-corrected chi connectivity index (χ3v) is 4.38. The molecule has 2 heteroatoms. The lowest BCUT2D eigenvalue weighted by Gasteiger charge is -2.18. The Kier molecular flexibility index (Phi) is 3.50. The molecule has 0 radical (unpaired) electrons. The van der Waals surface area contributed by atoms with Gasteiger partial charge in [-0.2, -0.15) is 0 Å². The van der Waals surface area contributed by atoms with Crippen LogP contribution in [0.15, 0.2) is 42.5 Å². The van der Waals surface area contributed by atoms with Crippen LogP contribution in [-0.2, 0) is 11.8 Å². The molecule has 1 aliphatic rings. The molecule has 0 aliphatic carbocycles. The number of aryl methyl sites for hydroxylation is 1. The van der Waals surface area contributed by atoms with E-state index in [0.29, 0.717) is 13.0 Å². The van der Waals surface area contributed by atoms with Crippen molar-refractivity contribution in [1.82, 2.24) is 0 Å². The largest absolute Gasteiger partial charge is 0.492 e. The highest BCUT2D eigenvalue weighted by Gasteiger charge is 2.32. The maximum Gasteiger partial charge on any atom is 0.123 e. The maximum atomic E-state index is 10.6. The molecule has 0 aromatic heterocycles. The fraction of sp³-hybridized carbons (Fsp3) is 0.368. The Hall–Kier alpha value is -1.80. The first-order chi connectivity index (χ1) is 9.97. The molecule has 110 valence electrons. The Morgan fingerprint density at radius 2 is 1.95 bits per heavy atom. The average Bonchev–Trinajstić information content (AvgIpc) is 2.77. The van der Waals surface area contributed by atoms with E-state index in [0.717, 1.165) is 11.3 Å². The Morgan fingerprint density at radius 3 is 2.71 bits per heavy atom. The number of ether oxygens (including phenoxy) is 1. The van der Waals surface area contributed by atoms with Gasteiger partial charge in [0.15, 0.2) is 0 Å². The fourth-order valence-electron chi connectivity index (χ4n) is 2.91. The topological polar surface area (TPSA) is 29.5 Å². The van der Waals surface area contributed by atoms with Crippen LogP contribution in [0.3, 0.4) is 0 Å². The van der Waals surface area contributed by atoms with Gasteiger partial charge in [0.05, 0.1) is 12.7 Å². The number of fused-ring (bicyclic) bond motifs is 1. The van der Waals surface area contributed by atoms with Crippen molar-refractivity contribution in [3.63, 3.8) is 0 Å². The molecular formula is C19H22O2. The van der Waals surface area contributed by atoms with Gasteiger partial charge in [-0.3, -0.25) is 0 Å². The molecule has 0 saturated carbocycles. The summed E-state index contributed by atoms with van der Waals surface area (Å²) in [7, 11) is 0. The number of aliphatic hydroxyl groups is 1. The predicted octanol–water partition coefficient (Wildman–Crippen LogP) is 3.94. The van der Waals surface area contributed by atoms with E-state index in [-0.39, 0.29) is 5.41 Å². The molecule has 2 aromatic rings. The monoisotopic (exact) mass is 282 g/mol. The first-order valence-corrected chi connectivity index (χ1v) is 7.47. The summed E-state index contributed by atoms with van der Waals surface area (Å²) in [5.41, 5.74) is 4.61. The quantitative estimate of drug-likeness (QED) is 0.924. The Labute approximate surface area is 126 Å². The molecule has 1 heterocycles. The Morgan fingerprint density at radius 1 is 1.19 bits per heavy atom. The molecule has 1 atom stereocenters. The number of benzene rings is 2. The molecule has 1 aliphatic heterocycles. The second-order valence-corrected chi connectivity index (χ2v) is 6.57. The minimum absolute atomic E-state index is 0.0216. The highest BCUT2D eigenvalue weighted by atomic mass is 16.5. The van der Waals surface area contributed by atoms with E-state index < -0.39 is 6.10 Å². The summed E-state index contributed by atoms with van der Waals surface area (Å²) in [6.45, 7) is 7.15. The number of aliphatic hydroxyl groups excluding tert-OH is 1. The van der Waals surface area contributed by atoms with Crippen molar-refractivity contribution >= 4 is 0 Å². The first-order valence-electron chi connectivity index (χ1n) is 7.47. The van der Waals surface area contributed by atoms with Crippen LogP contribution < -0.4 is 4.74 Å². The molecule has 0 bridgehead atoms. The van der Waals surface area contributed by atoms with Gasteiger partial charge < -0.3 is 9.84 Å². The highest BCUT2D eigenvalue weighted by molar-refractivity contribution is 5.46. The van der Waals surface area contributed by atoms with Crippen LogP contribution >= 0.6 is 0 Å². The molecule has 21 heavy (non-hydrogen) atoms. The zero-order valence-corrected chi connectivity index (χ0v) is 12.9. The SMILES string of the molecule is Cc1ccccc1CC(O)c1ccc2c(c1)C(C)(C)CO2. The molecule has 0 spiro atoms. The summed E-state index contributed by atoms with van der Waals surface area (Å²) in [4.78, 5) is 0. The van der Waals surface area contributed by atoms with Crippen molar-refractivity contribution in [2.24, 2.45) is 0 Å². The van der Waals surface area contributed by atoms with Gasteiger partial charge in [-0.05, 0) is 35.7 Å². The van der Waals surface area contributed by atoms with Crippen LogP contribution in [-0.4, -0.2) is 11.7 Å². The van der Waals surface area contributed by atoms with Gasteiger partial charge in [0.2, 0.25) is 0 Å². The van der Waals surface area contributed by atoms with Crippen LogP contribution in [0, 0.1) is 6.92 Å². The summed E-state index contributed by atoms with van der Waals surface area (Å²) in [6, 6.07) is 14.3. The van der Waals surface area contributed by atoms with Gasteiger partial charge in [0.25, 0.3) is 0 Å². The van der Waals surface area contributed by atoms with Gasteiger partial charge in [-0.15, -0.1) is 0 Å². The summed E-state index contributed by atoms with van der Waals surface area (Å²) in [6.07, 6.45) is 0.167. The van der Waals surface area contributed by atoms with E-state index in [4.69, 9.17) is 4.74 Å². The highest BCUT2D eigenvalue weighted by Crippen LogP contribution is 2.39. The van der Waals surface area contributed by atoms with Crippen molar-refractivity contribution in [3.05, 3.63) is 64.7 Å². The van der Waals surface area contributed by atoms with Crippen LogP contribution in [0.1, 0.15) is 42.2 Å². The van der Waals surface area contributed by atoms with Gasteiger partial charge in [-0.1, -0.05) is 44.2 Å².